The molecule has 84 valence electrons. The van der Waals surface area contributed by atoms with Crippen LogP contribution in [0.1, 0.15) is 5.69 Å². The van der Waals surface area contributed by atoms with E-state index in [4.69, 9.17) is 0 Å². The van der Waals surface area contributed by atoms with Crippen molar-refractivity contribution in [2.24, 2.45) is 7.05 Å². The number of nitrogens with one attached hydrogen (secondary N) is 1. The van der Waals surface area contributed by atoms with E-state index in [0.717, 1.165) is 20.6 Å². The van der Waals surface area contributed by atoms with Gasteiger partial charge in [0.1, 0.15) is 5.82 Å². The van der Waals surface area contributed by atoms with Gasteiger partial charge in [0.15, 0.2) is 5.82 Å². The molecule has 0 spiro atoms. The van der Waals surface area contributed by atoms with E-state index >= 15 is 0 Å². The standard InChI is InChI=1S/C10H12IN5/c1-6-7(4-14-16(6)3)9-13-5-8(11)10(12-2)15-9/h4-5H,1-3H3,(H,12,13,15). The fourth-order valence-electron chi connectivity index (χ4n) is 1.39. The quantitative estimate of drug-likeness (QED) is 0.854. The monoisotopic (exact) mass is 329 g/mol. The number of nitrogens with zero attached hydrogens (tertiary/aromatic N) is 4. The predicted molar refractivity (Wildman–Crippen MR) is 71.2 cm³/mol. The molecule has 2 heterocycles. The van der Waals surface area contributed by atoms with Crippen molar-refractivity contribution in [1.82, 2.24) is 19.7 Å². The summed E-state index contributed by atoms with van der Waals surface area (Å²) in [6.45, 7) is 2.00. The minimum atomic E-state index is 0.704. The van der Waals surface area contributed by atoms with Gasteiger partial charge in [0.2, 0.25) is 0 Å². The average molecular weight is 329 g/mol. The molecular weight excluding hydrogens is 317 g/mol. The number of rotatable bonds is 2. The molecule has 0 saturated heterocycles. The third-order valence-electron chi connectivity index (χ3n) is 2.46. The summed E-state index contributed by atoms with van der Waals surface area (Å²) in [5, 5.41) is 7.23. The summed E-state index contributed by atoms with van der Waals surface area (Å²) in [7, 11) is 3.76. The minimum absolute atomic E-state index is 0.704. The van der Waals surface area contributed by atoms with E-state index in [1.54, 1.807) is 12.4 Å². The van der Waals surface area contributed by atoms with Crippen LogP contribution in [-0.4, -0.2) is 26.8 Å². The first-order valence-electron chi connectivity index (χ1n) is 4.82. The summed E-state index contributed by atoms with van der Waals surface area (Å²) >= 11 is 2.20. The fraction of sp³-hybridized carbons (Fsp3) is 0.300. The summed E-state index contributed by atoms with van der Waals surface area (Å²) in [6.07, 6.45) is 3.60. The molecule has 0 aliphatic carbocycles. The van der Waals surface area contributed by atoms with Gasteiger partial charge < -0.3 is 5.32 Å². The van der Waals surface area contributed by atoms with Crippen LogP contribution >= 0.6 is 22.6 Å². The summed E-state index contributed by atoms with van der Waals surface area (Å²) < 4.78 is 2.82. The van der Waals surface area contributed by atoms with Crippen molar-refractivity contribution in [2.45, 2.75) is 6.92 Å². The van der Waals surface area contributed by atoms with Crippen LogP contribution in [0, 0.1) is 10.5 Å². The highest BCUT2D eigenvalue weighted by Gasteiger charge is 2.11. The van der Waals surface area contributed by atoms with Crippen LogP contribution in [0.15, 0.2) is 12.4 Å². The Bertz CT molecular complexity index is 520. The highest BCUT2D eigenvalue weighted by atomic mass is 127. The molecule has 2 rings (SSSR count). The molecule has 0 atom stereocenters. The molecule has 0 aromatic carbocycles. The van der Waals surface area contributed by atoms with Crippen LogP contribution in [-0.2, 0) is 7.05 Å². The summed E-state index contributed by atoms with van der Waals surface area (Å²) in [5.41, 5.74) is 2.03. The molecule has 0 bridgehead atoms. The van der Waals surface area contributed by atoms with E-state index in [1.165, 1.54) is 0 Å². The van der Waals surface area contributed by atoms with Gasteiger partial charge in [0.05, 0.1) is 15.3 Å². The highest BCUT2D eigenvalue weighted by molar-refractivity contribution is 14.1. The molecule has 0 fully saturated rings. The lowest BCUT2D eigenvalue weighted by molar-refractivity contribution is 0.740. The molecule has 0 amide bonds. The van der Waals surface area contributed by atoms with E-state index in [9.17, 15) is 0 Å². The van der Waals surface area contributed by atoms with Gasteiger partial charge in [-0.2, -0.15) is 5.10 Å². The summed E-state index contributed by atoms with van der Waals surface area (Å²) in [4.78, 5) is 8.77. The number of halogens is 1. The SMILES string of the molecule is CNc1nc(-c2cnn(C)c2C)ncc1I. The molecule has 0 aliphatic rings. The van der Waals surface area contributed by atoms with E-state index in [1.807, 2.05) is 25.7 Å². The molecule has 0 unspecified atom stereocenters. The first kappa shape index (κ1) is 11.3. The van der Waals surface area contributed by atoms with Crippen molar-refractivity contribution in [3.63, 3.8) is 0 Å². The van der Waals surface area contributed by atoms with Gasteiger partial charge in [-0.3, -0.25) is 4.68 Å². The third-order valence-corrected chi connectivity index (χ3v) is 3.25. The third kappa shape index (κ3) is 1.89. The highest BCUT2D eigenvalue weighted by Crippen LogP contribution is 2.22. The van der Waals surface area contributed by atoms with Gasteiger partial charge >= 0.3 is 0 Å². The van der Waals surface area contributed by atoms with Crippen LogP contribution < -0.4 is 5.32 Å². The van der Waals surface area contributed by atoms with Crippen molar-refractivity contribution in [2.75, 3.05) is 12.4 Å². The Morgan fingerprint density at radius 1 is 1.38 bits per heavy atom. The van der Waals surface area contributed by atoms with Crippen LogP contribution in [0.2, 0.25) is 0 Å². The number of hydrogen-bond donors (Lipinski definition) is 1. The topological polar surface area (TPSA) is 55.6 Å². The number of hydrogen-bond acceptors (Lipinski definition) is 4. The molecule has 0 aliphatic heterocycles. The van der Waals surface area contributed by atoms with Crippen molar-refractivity contribution in [3.8, 4) is 11.4 Å². The van der Waals surface area contributed by atoms with Gasteiger partial charge in [-0.05, 0) is 29.5 Å². The van der Waals surface area contributed by atoms with E-state index < -0.39 is 0 Å². The Balaban J connectivity index is 2.52. The maximum atomic E-state index is 4.45. The lowest BCUT2D eigenvalue weighted by atomic mass is 10.2. The van der Waals surface area contributed by atoms with Gasteiger partial charge in [0, 0.05) is 26.0 Å². The maximum Gasteiger partial charge on any atom is 0.165 e. The summed E-state index contributed by atoms with van der Waals surface area (Å²) in [6, 6.07) is 0. The van der Waals surface area contributed by atoms with Crippen LogP contribution in [0.5, 0.6) is 0 Å². The largest absolute Gasteiger partial charge is 0.372 e. The molecule has 2 aromatic heterocycles. The Morgan fingerprint density at radius 2 is 2.12 bits per heavy atom. The Kier molecular flexibility index (Phi) is 3.08. The Morgan fingerprint density at radius 3 is 2.69 bits per heavy atom. The zero-order valence-corrected chi connectivity index (χ0v) is 11.5. The van der Waals surface area contributed by atoms with Gasteiger partial charge in [-0.25, -0.2) is 9.97 Å². The normalized spacial score (nSPS) is 10.5. The second-order valence-electron chi connectivity index (χ2n) is 3.41. The van der Waals surface area contributed by atoms with Crippen molar-refractivity contribution in [1.29, 1.82) is 0 Å². The zero-order valence-electron chi connectivity index (χ0n) is 9.32. The second kappa shape index (κ2) is 4.36. The zero-order chi connectivity index (χ0) is 11.7. The molecule has 0 radical (unpaired) electrons. The van der Waals surface area contributed by atoms with E-state index in [-0.39, 0.29) is 0 Å². The lowest BCUT2D eigenvalue weighted by Gasteiger charge is -2.04. The Hall–Kier alpha value is -1.18. The minimum Gasteiger partial charge on any atom is -0.372 e. The van der Waals surface area contributed by atoms with Crippen LogP contribution in [0.3, 0.4) is 0 Å². The van der Waals surface area contributed by atoms with Crippen molar-refractivity contribution < 1.29 is 0 Å². The van der Waals surface area contributed by atoms with Crippen LogP contribution in [0.4, 0.5) is 5.82 Å². The number of anilines is 1. The second-order valence-corrected chi connectivity index (χ2v) is 4.57. The average Bonchev–Trinajstić information content (AvgIpc) is 2.61. The van der Waals surface area contributed by atoms with Gasteiger partial charge in [-0.15, -0.1) is 0 Å². The van der Waals surface area contributed by atoms with Crippen molar-refractivity contribution in [3.05, 3.63) is 21.7 Å². The molecular formula is C10H12IN5. The van der Waals surface area contributed by atoms with Crippen LogP contribution in [0.25, 0.3) is 11.4 Å². The predicted octanol–water partition coefficient (Wildman–Crippen LogP) is 1.83. The van der Waals surface area contributed by atoms with Gasteiger partial charge in [0.25, 0.3) is 0 Å². The molecule has 0 saturated carbocycles. The maximum absolute atomic E-state index is 4.45. The first-order chi connectivity index (χ1) is 7.63. The molecule has 6 heteroatoms. The molecule has 2 aromatic rings. The summed E-state index contributed by atoms with van der Waals surface area (Å²) in [5.74, 6) is 1.55. The first-order valence-corrected chi connectivity index (χ1v) is 5.90. The van der Waals surface area contributed by atoms with Crippen molar-refractivity contribution >= 4 is 28.4 Å². The molecule has 5 nitrogen and oxygen atoms in total. The fourth-order valence-corrected chi connectivity index (χ4v) is 1.92. The number of aromatic nitrogens is 4. The number of aryl methyl sites for hydroxylation is 1. The van der Waals surface area contributed by atoms with E-state index in [0.29, 0.717) is 5.82 Å². The van der Waals surface area contributed by atoms with Gasteiger partial charge in [-0.1, -0.05) is 0 Å². The lowest BCUT2D eigenvalue weighted by Crippen LogP contribution is -2.00. The molecule has 1 N–H and O–H groups in total. The van der Waals surface area contributed by atoms with E-state index in [2.05, 4.69) is 43.0 Å². The Labute approximate surface area is 107 Å². The molecule has 16 heavy (non-hydrogen) atoms. The smallest absolute Gasteiger partial charge is 0.165 e.